The summed E-state index contributed by atoms with van der Waals surface area (Å²) in [6, 6.07) is 6.50. The third-order valence-corrected chi connectivity index (χ3v) is 1.29. The molecule has 17 heavy (non-hydrogen) atoms. The van der Waals surface area contributed by atoms with Crippen molar-refractivity contribution >= 4 is 0 Å². The summed E-state index contributed by atoms with van der Waals surface area (Å²) in [6.45, 7) is 0. The van der Waals surface area contributed by atoms with Gasteiger partial charge in [0.15, 0.2) is 0 Å². The molecule has 2 rings (SSSR count). The maximum Gasteiger partial charge on any atom is 2.00 e. The SMILES string of the molecule is Oc1cccnc1.Oc1cccnc1.[Cl-].[Cl-].[Pd+2]. The summed E-state index contributed by atoms with van der Waals surface area (Å²) in [5.41, 5.74) is 0. The molecule has 0 atom stereocenters. The number of pyridine rings is 2. The Hall–Kier alpha value is -0.858. The summed E-state index contributed by atoms with van der Waals surface area (Å²) < 4.78 is 0. The van der Waals surface area contributed by atoms with Crippen molar-refractivity contribution in [3.05, 3.63) is 49.1 Å². The van der Waals surface area contributed by atoms with Gasteiger partial charge in [0.05, 0.1) is 12.4 Å². The van der Waals surface area contributed by atoms with Gasteiger partial charge in [-0.15, -0.1) is 0 Å². The molecule has 96 valence electrons. The Bertz CT molecular complexity index is 328. The maximum absolute atomic E-state index is 8.57. The van der Waals surface area contributed by atoms with Gasteiger partial charge >= 0.3 is 20.4 Å². The fourth-order valence-corrected chi connectivity index (χ4v) is 0.707. The van der Waals surface area contributed by atoms with Gasteiger partial charge in [-0.25, -0.2) is 0 Å². The summed E-state index contributed by atoms with van der Waals surface area (Å²) in [5.74, 6) is 0.421. The van der Waals surface area contributed by atoms with Crippen molar-refractivity contribution in [2.45, 2.75) is 0 Å². The zero-order valence-electron chi connectivity index (χ0n) is 8.48. The van der Waals surface area contributed by atoms with Crippen LogP contribution in [0.25, 0.3) is 0 Å². The van der Waals surface area contributed by atoms with Gasteiger partial charge in [-0.1, -0.05) is 0 Å². The predicted octanol–water partition coefficient (Wildman–Crippen LogP) is -4.42. The van der Waals surface area contributed by atoms with Crippen molar-refractivity contribution < 1.29 is 55.4 Å². The Labute approximate surface area is 126 Å². The van der Waals surface area contributed by atoms with Gasteiger partial charge in [-0.05, 0) is 24.3 Å². The van der Waals surface area contributed by atoms with E-state index in [0.717, 1.165) is 0 Å². The third-order valence-electron chi connectivity index (χ3n) is 1.29. The second-order valence-corrected chi connectivity index (χ2v) is 2.42. The Kier molecular flexibility index (Phi) is 16.6. The second kappa shape index (κ2) is 13.2. The van der Waals surface area contributed by atoms with Crippen LogP contribution >= 0.6 is 0 Å². The molecule has 0 unspecified atom stereocenters. The molecule has 0 spiro atoms. The first kappa shape index (κ1) is 21.4. The smallest absolute Gasteiger partial charge is 1.00 e. The molecule has 2 aromatic heterocycles. The first-order valence-corrected chi connectivity index (χ1v) is 3.97. The van der Waals surface area contributed by atoms with Crippen molar-refractivity contribution in [1.29, 1.82) is 0 Å². The van der Waals surface area contributed by atoms with Crippen LogP contribution in [0.15, 0.2) is 49.1 Å². The number of nitrogens with zero attached hydrogens (tertiary/aromatic N) is 2. The average Bonchev–Trinajstić information content (AvgIpc) is 2.21. The number of rotatable bonds is 0. The third kappa shape index (κ3) is 11.4. The summed E-state index contributed by atoms with van der Waals surface area (Å²) in [6.07, 6.45) is 6.00. The van der Waals surface area contributed by atoms with Crippen LogP contribution in [0.4, 0.5) is 0 Å². The number of aromatic hydroxyl groups is 2. The van der Waals surface area contributed by atoms with Crippen molar-refractivity contribution in [3.8, 4) is 11.5 Å². The molecule has 0 aliphatic rings. The van der Waals surface area contributed by atoms with Crippen LogP contribution in [0.3, 0.4) is 0 Å². The van der Waals surface area contributed by atoms with E-state index >= 15 is 0 Å². The van der Waals surface area contributed by atoms with E-state index in [0.29, 0.717) is 0 Å². The number of halogens is 2. The van der Waals surface area contributed by atoms with Crippen molar-refractivity contribution in [1.82, 2.24) is 9.97 Å². The van der Waals surface area contributed by atoms with Crippen molar-refractivity contribution in [2.24, 2.45) is 0 Å². The molecule has 0 aromatic carbocycles. The molecule has 2 heterocycles. The van der Waals surface area contributed by atoms with Gasteiger partial charge in [-0.2, -0.15) is 0 Å². The van der Waals surface area contributed by atoms with Gasteiger partial charge in [0.2, 0.25) is 0 Å². The molecule has 0 radical (unpaired) electrons. The quantitative estimate of drug-likeness (QED) is 0.462. The fourth-order valence-electron chi connectivity index (χ4n) is 0.707. The van der Waals surface area contributed by atoms with Gasteiger partial charge < -0.3 is 35.0 Å². The minimum absolute atomic E-state index is 0. The Morgan fingerprint density at radius 2 is 1.12 bits per heavy atom. The van der Waals surface area contributed by atoms with Crippen LogP contribution in [0.2, 0.25) is 0 Å². The van der Waals surface area contributed by atoms with Crippen LogP contribution in [0.5, 0.6) is 11.5 Å². The summed E-state index contributed by atoms with van der Waals surface area (Å²) in [4.78, 5) is 7.27. The molecular weight excluding hydrogens is 357 g/mol. The molecule has 2 aromatic rings. The van der Waals surface area contributed by atoms with Gasteiger partial charge in [-0.3, -0.25) is 9.97 Å². The first-order chi connectivity index (χ1) is 6.79. The molecule has 0 fully saturated rings. The van der Waals surface area contributed by atoms with Crippen LogP contribution in [-0.4, -0.2) is 20.2 Å². The molecule has 2 N–H and O–H groups in total. The molecule has 0 bridgehead atoms. The summed E-state index contributed by atoms with van der Waals surface area (Å²) >= 11 is 0. The predicted molar refractivity (Wildman–Crippen MR) is 51.8 cm³/mol. The molecule has 0 saturated heterocycles. The van der Waals surface area contributed by atoms with E-state index in [9.17, 15) is 0 Å². The largest absolute Gasteiger partial charge is 2.00 e. The topological polar surface area (TPSA) is 66.2 Å². The van der Waals surface area contributed by atoms with Crippen LogP contribution in [-0.2, 0) is 20.4 Å². The van der Waals surface area contributed by atoms with E-state index in [1.54, 1.807) is 36.7 Å². The van der Waals surface area contributed by atoms with Crippen molar-refractivity contribution in [2.75, 3.05) is 0 Å². The summed E-state index contributed by atoms with van der Waals surface area (Å²) in [5, 5.41) is 17.1. The number of aromatic nitrogens is 2. The van der Waals surface area contributed by atoms with Gasteiger partial charge in [0.1, 0.15) is 11.5 Å². The zero-order valence-corrected chi connectivity index (χ0v) is 11.5. The second-order valence-electron chi connectivity index (χ2n) is 2.42. The standard InChI is InChI=1S/2C5H5NO.2ClH.Pd/c2*7-5-2-1-3-6-4-5;;;/h2*1-4,7H;2*1H;/q;;;;+2/p-2. The van der Waals surface area contributed by atoms with E-state index in [1.807, 2.05) is 0 Å². The Morgan fingerprint density at radius 3 is 1.24 bits per heavy atom. The van der Waals surface area contributed by atoms with Crippen molar-refractivity contribution in [3.63, 3.8) is 0 Å². The van der Waals surface area contributed by atoms with E-state index in [4.69, 9.17) is 10.2 Å². The average molecular weight is 368 g/mol. The van der Waals surface area contributed by atoms with E-state index in [1.165, 1.54) is 12.4 Å². The Balaban J connectivity index is -0.000000196. The zero-order chi connectivity index (χ0) is 10.2. The van der Waals surface area contributed by atoms with Gasteiger partial charge in [0.25, 0.3) is 0 Å². The van der Waals surface area contributed by atoms with Gasteiger partial charge in [0, 0.05) is 12.4 Å². The molecule has 7 heteroatoms. The van der Waals surface area contributed by atoms with Crippen LogP contribution in [0, 0.1) is 0 Å². The maximum atomic E-state index is 8.57. The Morgan fingerprint density at radius 1 is 0.765 bits per heavy atom. The number of hydrogen-bond donors (Lipinski definition) is 2. The minimum Gasteiger partial charge on any atom is -1.00 e. The van der Waals surface area contributed by atoms with Crippen LogP contribution < -0.4 is 24.8 Å². The molecule has 0 aliphatic heterocycles. The fraction of sp³-hybridized carbons (Fsp3) is 0. The summed E-state index contributed by atoms with van der Waals surface area (Å²) in [7, 11) is 0. The molecule has 0 saturated carbocycles. The first-order valence-electron chi connectivity index (χ1n) is 3.97. The van der Waals surface area contributed by atoms with E-state index in [2.05, 4.69) is 9.97 Å². The molecular formula is C10H10Cl2N2O2Pd. The van der Waals surface area contributed by atoms with E-state index in [-0.39, 0.29) is 56.7 Å². The molecule has 4 nitrogen and oxygen atoms in total. The minimum atomic E-state index is 0. The molecule has 0 aliphatic carbocycles. The monoisotopic (exact) mass is 366 g/mol. The van der Waals surface area contributed by atoms with E-state index < -0.39 is 0 Å². The number of hydrogen-bond acceptors (Lipinski definition) is 4. The normalized spacial score (nSPS) is 7.06. The molecule has 0 amide bonds. The van der Waals surface area contributed by atoms with Crippen LogP contribution in [0.1, 0.15) is 0 Å².